The van der Waals surface area contributed by atoms with Gasteiger partial charge in [-0.1, -0.05) is 18.2 Å². The number of methoxy groups -OCH3 is 1. The van der Waals surface area contributed by atoms with Gasteiger partial charge < -0.3 is 10.1 Å². The molecule has 0 aliphatic heterocycles. The Morgan fingerprint density at radius 2 is 2.05 bits per heavy atom. The van der Waals surface area contributed by atoms with Crippen LogP contribution in [0.4, 0.5) is 5.69 Å². The molecule has 98 valence electrons. The van der Waals surface area contributed by atoms with E-state index in [0.717, 1.165) is 15.7 Å². The van der Waals surface area contributed by atoms with E-state index in [2.05, 4.69) is 26.2 Å². The lowest BCUT2D eigenvalue weighted by molar-refractivity contribution is -0.141. The van der Waals surface area contributed by atoms with Gasteiger partial charge in [-0.2, -0.15) is 0 Å². The molecular formula is C14H13BrN2O2. The molecule has 1 aromatic heterocycles. The van der Waals surface area contributed by atoms with E-state index in [-0.39, 0.29) is 5.97 Å². The average molecular weight is 321 g/mol. The zero-order chi connectivity index (χ0) is 13.7. The number of anilines is 1. The van der Waals surface area contributed by atoms with Crippen molar-refractivity contribution in [1.29, 1.82) is 0 Å². The quantitative estimate of drug-likeness (QED) is 0.879. The number of esters is 1. The summed E-state index contributed by atoms with van der Waals surface area (Å²) in [7, 11) is 1.37. The maximum atomic E-state index is 11.9. The molecule has 0 bridgehead atoms. The highest BCUT2D eigenvalue weighted by Crippen LogP contribution is 2.22. The van der Waals surface area contributed by atoms with Crippen molar-refractivity contribution >= 4 is 27.6 Å². The van der Waals surface area contributed by atoms with Crippen LogP contribution < -0.4 is 5.32 Å². The van der Waals surface area contributed by atoms with Crippen LogP contribution in [0.5, 0.6) is 0 Å². The first-order valence-corrected chi connectivity index (χ1v) is 6.50. The number of nitrogens with zero attached hydrogens (tertiary/aromatic N) is 1. The van der Waals surface area contributed by atoms with Gasteiger partial charge in [0.2, 0.25) is 0 Å². The van der Waals surface area contributed by atoms with Crippen molar-refractivity contribution in [3.8, 4) is 0 Å². The third kappa shape index (κ3) is 3.54. The predicted molar refractivity (Wildman–Crippen MR) is 76.8 cm³/mol. The van der Waals surface area contributed by atoms with Gasteiger partial charge in [0.25, 0.3) is 0 Å². The third-order valence-electron chi connectivity index (χ3n) is 2.58. The summed E-state index contributed by atoms with van der Waals surface area (Å²) >= 11 is 3.34. The van der Waals surface area contributed by atoms with Gasteiger partial charge in [0.15, 0.2) is 6.04 Å². The van der Waals surface area contributed by atoms with E-state index in [9.17, 15) is 4.79 Å². The molecule has 1 aromatic carbocycles. The first kappa shape index (κ1) is 13.5. The van der Waals surface area contributed by atoms with Crippen LogP contribution >= 0.6 is 15.9 Å². The summed E-state index contributed by atoms with van der Waals surface area (Å²) in [6.45, 7) is 0. The van der Waals surface area contributed by atoms with Gasteiger partial charge in [0.05, 0.1) is 7.11 Å². The molecule has 0 saturated heterocycles. The number of rotatable bonds is 4. The number of carbonyl (C=O) groups excluding carboxylic acids is 1. The Balaban J connectivity index is 2.29. The SMILES string of the molecule is COC(=O)C(Nc1ccccc1)c1cncc(Br)c1. The van der Waals surface area contributed by atoms with E-state index in [1.54, 1.807) is 12.4 Å². The molecule has 2 rings (SSSR count). The normalized spacial score (nSPS) is 11.7. The third-order valence-corrected chi connectivity index (χ3v) is 3.01. The maximum absolute atomic E-state index is 11.9. The summed E-state index contributed by atoms with van der Waals surface area (Å²) in [5.74, 6) is -0.358. The number of hydrogen-bond acceptors (Lipinski definition) is 4. The minimum atomic E-state index is -0.586. The van der Waals surface area contributed by atoms with Crippen LogP contribution in [0.2, 0.25) is 0 Å². The number of nitrogens with one attached hydrogen (secondary N) is 1. The molecule has 19 heavy (non-hydrogen) atoms. The van der Waals surface area contributed by atoms with Crippen molar-refractivity contribution in [3.05, 3.63) is 58.8 Å². The molecule has 0 radical (unpaired) electrons. The molecule has 1 unspecified atom stereocenters. The Kier molecular flexibility index (Phi) is 4.52. The van der Waals surface area contributed by atoms with Gasteiger partial charge in [0, 0.05) is 28.1 Å². The number of benzene rings is 1. The van der Waals surface area contributed by atoms with Crippen molar-refractivity contribution in [2.24, 2.45) is 0 Å². The molecule has 1 heterocycles. The highest BCUT2D eigenvalue weighted by Gasteiger charge is 2.21. The van der Waals surface area contributed by atoms with Crippen molar-refractivity contribution in [1.82, 2.24) is 4.98 Å². The molecule has 0 aliphatic rings. The molecule has 2 aromatic rings. The Hall–Kier alpha value is -1.88. The van der Waals surface area contributed by atoms with E-state index < -0.39 is 6.04 Å². The second kappa shape index (κ2) is 6.33. The second-order valence-electron chi connectivity index (χ2n) is 3.90. The first-order chi connectivity index (χ1) is 9.20. The van der Waals surface area contributed by atoms with Crippen LogP contribution in [0.3, 0.4) is 0 Å². The van der Waals surface area contributed by atoms with Crippen LogP contribution in [0.25, 0.3) is 0 Å². The zero-order valence-corrected chi connectivity index (χ0v) is 11.9. The molecule has 0 spiro atoms. The maximum Gasteiger partial charge on any atom is 0.333 e. The van der Waals surface area contributed by atoms with Gasteiger partial charge in [-0.05, 0) is 34.1 Å². The molecule has 0 fully saturated rings. The van der Waals surface area contributed by atoms with Gasteiger partial charge in [-0.25, -0.2) is 4.79 Å². The predicted octanol–water partition coefficient (Wildman–Crippen LogP) is 3.17. The molecule has 0 saturated carbocycles. The number of para-hydroxylation sites is 1. The lowest BCUT2D eigenvalue weighted by atomic mass is 10.1. The molecule has 4 nitrogen and oxygen atoms in total. The number of halogens is 1. The molecule has 0 amide bonds. The van der Waals surface area contributed by atoms with E-state index >= 15 is 0 Å². The summed E-state index contributed by atoms with van der Waals surface area (Å²) in [6, 6.07) is 10.7. The van der Waals surface area contributed by atoms with E-state index in [1.807, 2.05) is 36.4 Å². The summed E-state index contributed by atoms with van der Waals surface area (Å²) in [5.41, 5.74) is 1.59. The minimum absolute atomic E-state index is 0.358. The van der Waals surface area contributed by atoms with Crippen molar-refractivity contribution in [3.63, 3.8) is 0 Å². The van der Waals surface area contributed by atoms with E-state index in [0.29, 0.717) is 0 Å². The number of pyridine rings is 1. The number of aromatic nitrogens is 1. The lowest BCUT2D eigenvalue weighted by Crippen LogP contribution is -2.22. The van der Waals surface area contributed by atoms with Gasteiger partial charge in [-0.15, -0.1) is 0 Å². The fourth-order valence-corrected chi connectivity index (χ4v) is 2.07. The summed E-state index contributed by atoms with van der Waals surface area (Å²) in [4.78, 5) is 16.0. The topological polar surface area (TPSA) is 51.2 Å². The Morgan fingerprint density at radius 3 is 2.68 bits per heavy atom. The minimum Gasteiger partial charge on any atom is -0.467 e. The van der Waals surface area contributed by atoms with Crippen LogP contribution in [-0.2, 0) is 9.53 Å². The summed E-state index contributed by atoms with van der Waals surface area (Å²) < 4.78 is 5.65. The van der Waals surface area contributed by atoms with Gasteiger partial charge in [-0.3, -0.25) is 4.98 Å². The number of ether oxygens (including phenoxy) is 1. The monoisotopic (exact) mass is 320 g/mol. The highest BCUT2D eigenvalue weighted by molar-refractivity contribution is 9.10. The van der Waals surface area contributed by atoms with Crippen molar-refractivity contribution < 1.29 is 9.53 Å². The number of carbonyl (C=O) groups is 1. The van der Waals surface area contributed by atoms with E-state index in [1.165, 1.54) is 7.11 Å². The standard InChI is InChI=1S/C14H13BrN2O2/c1-19-14(18)13(10-7-11(15)9-16-8-10)17-12-5-3-2-4-6-12/h2-9,13,17H,1H3. The first-order valence-electron chi connectivity index (χ1n) is 5.70. The number of hydrogen-bond donors (Lipinski definition) is 1. The highest BCUT2D eigenvalue weighted by atomic mass is 79.9. The Morgan fingerprint density at radius 1 is 1.32 bits per heavy atom. The molecular weight excluding hydrogens is 308 g/mol. The van der Waals surface area contributed by atoms with Gasteiger partial charge in [0.1, 0.15) is 0 Å². The lowest BCUT2D eigenvalue weighted by Gasteiger charge is -2.17. The van der Waals surface area contributed by atoms with Crippen molar-refractivity contribution in [2.45, 2.75) is 6.04 Å². The summed E-state index contributed by atoms with van der Waals surface area (Å²) in [6.07, 6.45) is 3.31. The fourth-order valence-electron chi connectivity index (χ4n) is 1.68. The average Bonchev–Trinajstić information content (AvgIpc) is 2.45. The van der Waals surface area contributed by atoms with Crippen LogP contribution in [0.15, 0.2) is 53.3 Å². The van der Waals surface area contributed by atoms with Gasteiger partial charge >= 0.3 is 5.97 Å². The zero-order valence-electron chi connectivity index (χ0n) is 10.3. The molecule has 0 aliphatic carbocycles. The van der Waals surface area contributed by atoms with Crippen LogP contribution in [-0.4, -0.2) is 18.1 Å². The smallest absolute Gasteiger partial charge is 0.333 e. The van der Waals surface area contributed by atoms with Crippen LogP contribution in [0, 0.1) is 0 Å². The largest absolute Gasteiger partial charge is 0.467 e. The molecule has 1 N–H and O–H groups in total. The Labute approximate surface area is 119 Å². The van der Waals surface area contributed by atoms with Crippen molar-refractivity contribution in [2.75, 3.05) is 12.4 Å². The molecule has 5 heteroatoms. The van der Waals surface area contributed by atoms with E-state index in [4.69, 9.17) is 4.74 Å². The molecule has 1 atom stereocenters. The summed E-state index contributed by atoms with van der Waals surface area (Å²) in [5, 5.41) is 3.14. The van der Waals surface area contributed by atoms with Crippen LogP contribution in [0.1, 0.15) is 11.6 Å². The second-order valence-corrected chi connectivity index (χ2v) is 4.82. The fraction of sp³-hybridized carbons (Fsp3) is 0.143. The Bertz CT molecular complexity index is 560.